The van der Waals surface area contributed by atoms with E-state index in [4.69, 9.17) is 4.74 Å². The first-order valence-electron chi connectivity index (χ1n) is 4.74. The molecule has 1 aromatic rings. The van der Waals surface area contributed by atoms with Crippen molar-refractivity contribution in [3.8, 4) is 0 Å². The van der Waals surface area contributed by atoms with E-state index in [9.17, 15) is 9.18 Å². The Bertz CT molecular complexity index is 398. The molecule has 15 heavy (non-hydrogen) atoms. The number of Topliss-reactive ketones (excluding diaryl/α,β-unsaturated/α-hetero) is 1. The summed E-state index contributed by atoms with van der Waals surface area (Å²) >= 11 is 0. The molecule has 2 rings (SSSR count). The quantitative estimate of drug-likeness (QED) is 0.697. The molecule has 0 aromatic carbocycles. The van der Waals surface area contributed by atoms with Crippen LogP contribution in [0.1, 0.15) is 23.3 Å². The van der Waals surface area contributed by atoms with Gasteiger partial charge in [0.2, 0.25) is 5.78 Å². The van der Waals surface area contributed by atoms with E-state index in [2.05, 4.69) is 4.98 Å². The van der Waals surface area contributed by atoms with Crippen LogP contribution >= 0.6 is 0 Å². The second-order valence-corrected chi connectivity index (χ2v) is 3.31. The maximum absolute atomic E-state index is 12.6. The molecule has 3 nitrogen and oxygen atoms in total. The third-order valence-electron chi connectivity index (χ3n) is 2.19. The molecule has 0 saturated carbocycles. The topological polar surface area (TPSA) is 39.2 Å². The summed E-state index contributed by atoms with van der Waals surface area (Å²) in [7, 11) is 0. The van der Waals surface area contributed by atoms with Crippen molar-refractivity contribution in [1.29, 1.82) is 0 Å². The third-order valence-corrected chi connectivity index (χ3v) is 2.19. The first-order chi connectivity index (χ1) is 7.27. The lowest BCUT2D eigenvalue weighted by atomic mass is 10.0. The Kier molecular flexibility index (Phi) is 2.76. The van der Waals surface area contributed by atoms with Crippen LogP contribution in [0.15, 0.2) is 30.2 Å². The summed E-state index contributed by atoms with van der Waals surface area (Å²) < 4.78 is 17.6. The zero-order valence-electron chi connectivity index (χ0n) is 8.07. The van der Waals surface area contributed by atoms with Gasteiger partial charge < -0.3 is 4.74 Å². The standard InChI is InChI=1S/C11H10FNO2/c12-9-3-4-10(13-6-9)11(14)8-2-1-5-15-7-8/h3-4,6-7H,1-2,5H2. The Hall–Kier alpha value is -1.71. The number of hydrogen-bond donors (Lipinski definition) is 0. The lowest BCUT2D eigenvalue weighted by Crippen LogP contribution is -2.10. The molecule has 0 N–H and O–H groups in total. The number of ketones is 1. The summed E-state index contributed by atoms with van der Waals surface area (Å²) in [5.41, 5.74) is 0.855. The van der Waals surface area contributed by atoms with Crippen LogP contribution < -0.4 is 0 Å². The highest BCUT2D eigenvalue weighted by Gasteiger charge is 2.16. The molecular weight excluding hydrogens is 197 g/mol. The van der Waals surface area contributed by atoms with Crippen molar-refractivity contribution in [2.24, 2.45) is 0 Å². The summed E-state index contributed by atoms with van der Waals surface area (Å²) in [6.45, 7) is 0.646. The Morgan fingerprint density at radius 1 is 1.47 bits per heavy atom. The van der Waals surface area contributed by atoms with Crippen LogP contribution in [0.25, 0.3) is 0 Å². The fraction of sp³-hybridized carbons (Fsp3) is 0.273. The molecule has 1 aliphatic heterocycles. The number of pyridine rings is 1. The number of hydrogen-bond acceptors (Lipinski definition) is 3. The maximum atomic E-state index is 12.6. The van der Waals surface area contributed by atoms with Gasteiger partial charge in [-0.3, -0.25) is 4.79 Å². The van der Waals surface area contributed by atoms with Crippen LogP contribution in [0, 0.1) is 5.82 Å². The van der Waals surface area contributed by atoms with E-state index in [-0.39, 0.29) is 11.5 Å². The Morgan fingerprint density at radius 3 is 2.93 bits per heavy atom. The van der Waals surface area contributed by atoms with Crippen molar-refractivity contribution < 1.29 is 13.9 Å². The molecule has 1 aliphatic rings. The van der Waals surface area contributed by atoms with E-state index >= 15 is 0 Å². The number of nitrogens with zero attached hydrogens (tertiary/aromatic N) is 1. The normalized spacial score (nSPS) is 15.4. The fourth-order valence-electron chi connectivity index (χ4n) is 1.41. The Balaban J connectivity index is 2.20. The number of halogens is 1. The van der Waals surface area contributed by atoms with Gasteiger partial charge in [-0.1, -0.05) is 0 Å². The second kappa shape index (κ2) is 4.21. The van der Waals surface area contributed by atoms with Crippen molar-refractivity contribution >= 4 is 5.78 Å². The molecule has 0 spiro atoms. The number of ether oxygens (including phenoxy) is 1. The minimum atomic E-state index is -0.444. The van der Waals surface area contributed by atoms with Crippen LogP contribution in [0.2, 0.25) is 0 Å². The SMILES string of the molecule is O=C(C1=COCCC1)c1ccc(F)cn1. The molecule has 78 valence electrons. The first-order valence-corrected chi connectivity index (χ1v) is 4.74. The van der Waals surface area contributed by atoms with Gasteiger partial charge in [0.25, 0.3) is 0 Å². The maximum Gasteiger partial charge on any atom is 0.210 e. The van der Waals surface area contributed by atoms with E-state index in [1.165, 1.54) is 18.4 Å². The van der Waals surface area contributed by atoms with Crippen LogP contribution in [-0.2, 0) is 4.74 Å². The molecule has 0 saturated heterocycles. The highest BCUT2D eigenvalue weighted by molar-refractivity contribution is 6.07. The van der Waals surface area contributed by atoms with E-state index < -0.39 is 5.82 Å². The van der Waals surface area contributed by atoms with Gasteiger partial charge in [0, 0.05) is 5.57 Å². The fourth-order valence-corrected chi connectivity index (χ4v) is 1.41. The molecule has 0 unspecified atom stereocenters. The molecule has 0 bridgehead atoms. The van der Waals surface area contributed by atoms with Crippen molar-refractivity contribution in [2.45, 2.75) is 12.8 Å². The lowest BCUT2D eigenvalue weighted by molar-refractivity contribution is 0.100. The average Bonchev–Trinajstić information content (AvgIpc) is 2.30. The summed E-state index contributed by atoms with van der Waals surface area (Å²) in [6, 6.07) is 2.61. The minimum Gasteiger partial charge on any atom is -0.501 e. The van der Waals surface area contributed by atoms with Gasteiger partial charge in [0.05, 0.1) is 19.1 Å². The number of allylic oxidation sites excluding steroid dienone is 1. The van der Waals surface area contributed by atoms with Gasteiger partial charge in [-0.15, -0.1) is 0 Å². The van der Waals surface area contributed by atoms with Crippen LogP contribution in [-0.4, -0.2) is 17.4 Å². The van der Waals surface area contributed by atoms with Crippen LogP contribution in [0.5, 0.6) is 0 Å². The number of aromatic nitrogens is 1. The van der Waals surface area contributed by atoms with Gasteiger partial charge >= 0.3 is 0 Å². The molecule has 0 fully saturated rings. The zero-order valence-corrected chi connectivity index (χ0v) is 8.07. The van der Waals surface area contributed by atoms with E-state index in [1.807, 2.05) is 0 Å². The Morgan fingerprint density at radius 2 is 2.33 bits per heavy atom. The van der Waals surface area contributed by atoms with Gasteiger partial charge in [0.15, 0.2) is 0 Å². The third kappa shape index (κ3) is 2.21. The van der Waals surface area contributed by atoms with Gasteiger partial charge in [-0.25, -0.2) is 9.37 Å². The molecule has 0 radical (unpaired) electrons. The van der Waals surface area contributed by atoms with E-state index in [0.717, 1.165) is 12.6 Å². The van der Waals surface area contributed by atoms with Crippen LogP contribution in [0.4, 0.5) is 4.39 Å². The molecule has 4 heteroatoms. The van der Waals surface area contributed by atoms with Crippen molar-refractivity contribution in [2.75, 3.05) is 6.61 Å². The largest absolute Gasteiger partial charge is 0.501 e. The summed E-state index contributed by atoms with van der Waals surface area (Å²) in [5, 5.41) is 0. The molecule has 1 aromatic heterocycles. The average molecular weight is 207 g/mol. The lowest BCUT2D eigenvalue weighted by Gasteiger charge is -2.11. The minimum absolute atomic E-state index is 0.185. The van der Waals surface area contributed by atoms with E-state index in [1.54, 1.807) is 0 Å². The van der Waals surface area contributed by atoms with E-state index in [0.29, 0.717) is 18.6 Å². The van der Waals surface area contributed by atoms with Crippen molar-refractivity contribution in [3.05, 3.63) is 41.7 Å². The Labute approximate surface area is 86.6 Å². The second-order valence-electron chi connectivity index (χ2n) is 3.31. The van der Waals surface area contributed by atoms with Gasteiger partial charge in [0.1, 0.15) is 11.5 Å². The molecule has 0 aliphatic carbocycles. The monoisotopic (exact) mass is 207 g/mol. The van der Waals surface area contributed by atoms with Crippen molar-refractivity contribution in [1.82, 2.24) is 4.98 Å². The summed E-state index contributed by atoms with van der Waals surface area (Å²) in [6.07, 6.45) is 4.03. The molecule has 0 atom stereocenters. The predicted octanol–water partition coefficient (Wildman–Crippen LogP) is 2.10. The summed E-state index contributed by atoms with van der Waals surface area (Å²) in [4.78, 5) is 15.5. The van der Waals surface area contributed by atoms with Gasteiger partial charge in [-0.2, -0.15) is 0 Å². The first kappa shape index (κ1) is 9.83. The molecule has 0 amide bonds. The highest BCUT2D eigenvalue weighted by Crippen LogP contribution is 2.16. The van der Waals surface area contributed by atoms with Gasteiger partial charge in [-0.05, 0) is 25.0 Å². The molecule has 2 heterocycles. The zero-order chi connectivity index (χ0) is 10.7. The smallest absolute Gasteiger partial charge is 0.210 e. The summed E-state index contributed by atoms with van der Waals surface area (Å²) in [5.74, 6) is -0.630. The van der Waals surface area contributed by atoms with Crippen molar-refractivity contribution in [3.63, 3.8) is 0 Å². The number of carbonyl (C=O) groups is 1. The molecular formula is C11H10FNO2. The predicted molar refractivity (Wildman–Crippen MR) is 51.8 cm³/mol. The number of rotatable bonds is 2. The highest BCUT2D eigenvalue weighted by atomic mass is 19.1. The van der Waals surface area contributed by atoms with Crippen LogP contribution in [0.3, 0.4) is 0 Å². The number of carbonyl (C=O) groups excluding carboxylic acids is 1.